The summed E-state index contributed by atoms with van der Waals surface area (Å²) in [5.74, 6) is 0.465. The maximum atomic E-state index is 12.3. The second-order valence-electron chi connectivity index (χ2n) is 6.87. The van der Waals surface area contributed by atoms with Gasteiger partial charge in [0.25, 0.3) is 0 Å². The molecule has 0 aliphatic carbocycles. The third-order valence-electron chi connectivity index (χ3n) is 4.68. The number of nitrogens with zero attached hydrogens (tertiary/aromatic N) is 3. The van der Waals surface area contributed by atoms with Crippen LogP contribution in [0.4, 0.5) is 11.4 Å². The zero-order chi connectivity index (χ0) is 21.5. The SMILES string of the molecule is COc1cc(CN(C(C)=O)c2ccccc2)nc(CN(C(C)=O)c2ccccc2)c1. The topological polar surface area (TPSA) is 62.7 Å². The van der Waals surface area contributed by atoms with E-state index in [-0.39, 0.29) is 11.8 Å². The van der Waals surface area contributed by atoms with Crippen LogP contribution in [0.1, 0.15) is 25.2 Å². The molecule has 0 spiro atoms. The smallest absolute Gasteiger partial charge is 0.224 e. The average Bonchev–Trinajstić information content (AvgIpc) is 2.76. The van der Waals surface area contributed by atoms with Crippen LogP contribution in [0.3, 0.4) is 0 Å². The fraction of sp³-hybridized carbons (Fsp3) is 0.208. The Morgan fingerprint density at radius 3 is 1.50 bits per heavy atom. The molecule has 0 aliphatic heterocycles. The first-order valence-electron chi connectivity index (χ1n) is 9.68. The van der Waals surface area contributed by atoms with Crippen molar-refractivity contribution in [1.82, 2.24) is 4.98 Å². The maximum Gasteiger partial charge on any atom is 0.224 e. The highest BCUT2D eigenvalue weighted by atomic mass is 16.5. The number of para-hydroxylation sites is 2. The van der Waals surface area contributed by atoms with Crippen LogP contribution in [-0.2, 0) is 22.7 Å². The number of hydrogen-bond donors (Lipinski definition) is 0. The van der Waals surface area contributed by atoms with Gasteiger partial charge in [-0.25, -0.2) is 0 Å². The summed E-state index contributed by atoms with van der Waals surface area (Å²) in [5, 5.41) is 0. The summed E-state index contributed by atoms with van der Waals surface area (Å²) in [5.41, 5.74) is 2.96. The van der Waals surface area contributed by atoms with Gasteiger partial charge in [0, 0.05) is 37.4 Å². The van der Waals surface area contributed by atoms with E-state index in [4.69, 9.17) is 9.72 Å². The fourth-order valence-electron chi connectivity index (χ4n) is 3.21. The van der Waals surface area contributed by atoms with Crippen molar-refractivity contribution in [2.45, 2.75) is 26.9 Å². The molecule has 0 saturated heterocycles. The fourth-order valence-corrected chi connectivity index (χ4v) is 3.21. The van der Waals surface area contributed by atoms with Crippen molar-refractivity contribution in [3.05, 3.63) is 84.2 Å². The molecule has 0 N–H and O–H groups in total. The van der Waals surface area contributed by atoms with Crippen molar-refractivity contribution >= 4 is 23.2 Å². The summed E-state index contributed by atoms with van der Waals surface area (Å²) in [7, 11) is 1.59. The third kappa shape index (κ3) is 5.23. The molecule has 0 atom stereocenters. The summed E-state index contributed by atoms with van der Waals surface area (Å²) in [6, 6.07) is 22.5. The molecule has 3 rings (SSSR count). The molecule has 0 fully saturated rings. The molecule has 2 amide bonds. The minimum atomic E-state index is -0.0815. The summed E-state index contributed by atoms with van der Waals surface area (Å²) in [6.07, 6.45) is 0. The summed E-state index contributed by atoms with van der Waals surface area (Å²) in [4.78, 5) is 32.5. The van der Waals surface area contributed by atoms with Gasteiger partial charge in [0.05, 0.1) is 31.6 Å². The first kappa shape index (κ1) is 21.0. The van der Waals surface area contributed by atoms with Crippen LogP contribution in [0.2, 0.25) is 0 Å². The molecule has 1 aromatic heterocycles. The van der Waals surface area contributed by atoms with Crippen LogP contribution in [-0.4, -0.2) is 23.9 Å². The zero-order valence-corrected chi connectivity index (χ0v) is 17.4. The number of ether oxygens (including phenoxy) is 1. The van der Waals surface area contributed by atoms with Crippen molar-refractivity contribution in [1.29, 1.82) is 0 Å². The number of anilines is 2. The standard InChI is InChI=1S/C24H25N3O3/c1-18(28)26(22-10-6-4-7-11-22)16-20-14-24(30-3)15-21(25-20)17-27(19(2)29)23-12-8-5-9-13-23/h4-15H,16-17H2,1-3H3. The molecule has 3 aromatic rings. The highest BCUT2D eigenvalue weighted by Crippen LogP contribution is 2.22. The molecule has 30 heavy (non-hydrogen) atoms. The molecule has 2 aromatic carbocycles. The van der Waals surface area contributed by atoms with Gasteiger partial charge in [-0.3, -0.25) is 14.6 Å². The van der Waals surface area contributed by atoms with E-state index >= 15 is 0 Å². The second-order valence-corrected chi connectivity index (χ2v) is 6.87. The van der Waals surface area contributed by atoms with Crippen LogP contribution in [0.5, 0.6) is 5.75 Å². The van der Waals surface area contributed by atoms with E-state index in [1.165, 1.54) is 13.8 Å². The number of benzene rings is 2. The molecule has 0 aliphatic rings. The lowest BCUT2D eigenvalue weighted by Gasteiger charge is -2.23. The lowest BCUT2D eigenvalue weighted by atomic mass is 10.2. The summed E-state index contributed by atoms with van der Waals surface area (Å²) < 4.78 is 5.44. The first-order valence-corrected chi connectivity index (χ1v) is 9.68. The van der Waals surface area contributed by atoms with E-state index in [9.17, 15) is 9.59 Å². The van der Waals surface area contributed by atoms with Crippen LogP contribution in [0, 0.1) is 0 Å². The van der Waals surface area contributed by atoms with Crippen molar-refractivity contribution in [3.63, 3.8) is 0 Å². The predicted molar refractivity (Wildman–Crippen MR) is 117 cm³/mol. The third-order valence-corrected chi connectivity index (χ3v) is 4.68. The van der Waals surface area contributed by atoms with Crippen LogP contribution < -0.4 is 14.5 Å². The summed E-state index contributed by atoms with van der Waals surface area (Å²) in [6.45, 7) is 3.66. The molecule has 154 valence electrons. The van der Waals surface area contributed by atoms with Gasteiger partial charge < -0.3 is 14.5 Å². The molecule has 6 heteroatoms. The van der Waals surface area contributed by atoms with Gasteiger partial charge in [-0.2, -0.15) is 0 Å². The second kappa shape index (κ2) is 9.69. The van der Waals surface area contributed by atoms with Crippen molar-refractivity contribution < 1.29 is 14.3 Å². The monoisotopic (exact) mass is 403 g/mol. The van der Waals surface area contributed by atoms with Crippen LogP contribution in [0.25, 0.3) is 0 Å². The number of pyridine rings is 1. The molecule has 1 heterocycles. The molecule has 6 nitrogen and oxygen atoms in total. The Morgan fingerprint density at radius 2 is 1.17 bits per heavy atom. The first-order chi connectivity index (χ1) is 14.5. The predicted octanol–water partition coefficient (Wildman–Crippen LogP) is 4.20. The Bertz CT molecular complexity index is 929. The van der Waals surface area contributed by atoms with E-state index in [2.05, 4.69) is 0 Å². The van der Waals surface area contributed by atoms with Gasteiger partial charge >= 0.3 is 0 Å². The van der Waals surface area contributed by atoms with Gasteiger partial charge in [-0.1, -0.05) is 36.4 Å². The van der Waals surface area contributed by atoms with Gasteiger partial charge in [0.2, 0.25) is 11.8 Å². The highest BCUT2D eigenvalue weighted by molar-refractivity contribution is 5.92. The Hall–Kier alpha value is -3.67. The number of hydrogen-bond acceptors (Lipinski definition) is 4. The molecular weight excluding hydrogens is 378 g/mol. The maximum absolute atomic E-state index is 12.3. The minimum absolute atomic E-state index is 0.0815. The van der Waals surface area contributed by atoms with Crippen molar-refractivity contribution in [2.75, 3.05) is 16.9 Å². The molecule has 0 radical (unpaired) electrons. The van der Waals surface area contributed by atoms with Crippen LogP contribution >= 0.6 is 0 Å². The number of aromatic nitrogens is 1. The molecular formula is C24H25N3O3. The number of methoxy groups -OCH3 is 1. The Labute approximate surface area is 176 Å². The zero-order valence-electron chi connectivity index (χ0n) is 17.4. The summed E-state index contributed by atoms with van der Waals surface area (Å²) >= 11 is 0. The normalized spacial score (nSPS) is 10.4. The molecule has 0 saturated carbocycles. The van der Waals surface area contributed by atoms with Gasteiger partial charge in [-0.05, 0) is 24.3 Å². The van der Waals surface area contributed by atoms with Gasteiger partial charge in [0.15, 0.2) is 0 Å². The van der Waals surface area contributed by atoms with Crippen molar-refractivity contribution in [2.24, 2.45) is 0 Å². The van der Waals surface area contributed by atoms with Gasteiger partial charge in [-0.15, -0.1) is 0 Å². The van der Waals surface area contributed by atoms with Crippen molar-refractivity contribution in [3.8, 4) is 5.75 Å². The lowest BCUT2D eigenvalue weighted by Crippen LogP contribution is -2.30. The minimum Gasteiger partial charge on any atom is -0.497 e. The van der Waals surface area contributed by atoms with E-state index in [1.807, 2.05) is 72.8 Å². The highest BCUT2D eigenvalue weighted by Gasteiger charge is 2.17. The number of carbonyl (C=O) groups is 2. The van der Waals surface area contributed by atoms with E-state index in [0.29, 0.717) is 30.2 Å². The number of amides is 2. The van der Waals surface area contributed by atoms with Crippen LogP contribution in [0.15, 0.2) is 72.8 Å². The Kier molecular flexibility index (Phi) is 6.80. The van der Waals surface area contributed by atoms with E-state index < -0.39 is 0 Å². The Morgan fingerprint density at radius 1 is 0.767 bits per heavy atom. The average molecular weight is 403 g/mol. The largest absolute Gasteiger partial charge is 0.497 e. The quantitative estimate of drug-likeness (QED) is 0.593. The number of carbonyl (C=O) groups excluding carboxylic acids is 2. The van der Waals surface area contributed by atoms with E-state index in [1.54, 1.807) is 16.9 Å². The molecule has 0 bridgehead atoms. The lowest BCUT2D eigenvalue weighted by molar-refractivity contribution is -0.117. The molecule has 0 unspecified atom stereocenters. The van der Waals surface area contributed by atoms with Gasteiger partial charge in [0.1, 0.15) is 5.75 Å². The Balaban J connectivity index is 1.91. The number of rotatable bonds is 7. The van der Waals surface area contributed by atoms with E-state index in [0.717, 1.165) is 11.4 Å².